The Labute approximate surface area is 372 Å². The van der Waals surface area contributed by atoms with Crippen molar-refractivity contribution >= 4 is 39.7 Å². The van der Waals surface area contributed by atoms with Crippen molar-refractivity contribution in [3.05, 3.63) is 273 Å². The van der Waals surface area contributed by atoms with Crippen molar-refractivity contribution in [1.82, 2.24) is 0 Å². The lowest BCUT2D eigenvalue weighted by Crippen LogP contribution is -2.10. The number of rotatable bonds is 13. The zero-order chi connectivity index (χ0) is 42.8. The summed E-state index contributed by atoms with van der Waals surface area (Å²) in [5.74, 6) is 0. The molecule has 0 bridgehead atoms. The summed E-state index contributed by atoms with van der Waals surface area (Å²) in [7, 11) is 0. The molecule has 9 aromatic carbocycles. The molecule has 0 unspecified atom stereocenters. The van der Waals surface area contributed by atoms with Crippen molar-refractivity contribution in [3.63, 3.8) is 0 Å². The molecule has 63 heavy (non-hydrogen) atoms. The van der Waals surface area contributed by atoms with Crippen LogP contribution in [0.25, 0.3) is 50.1 Å². The van der Waals surface area contributed by atoms with Crippen LogP contribution >= 0.6 is 0 Å². The van der Waals surface area contributed by atoms with Crippen molar-refractivity contribution < 1.29 is 0 Å². The third-order valence-electron chi connectivity index (χ3n) is 11.4. The minimum atomic E-state index is 0.971. The van der Waals surface area contributed by atoms with Crippen molar-refractivity contribution in [2.45, 2.75) is 6.92 Å². The summed E-state index contributed by atoms with van der Waals surface area (Å²) in [6, 6.07) is 84.6. The van der Waals surface area contributed by atoms with Gasteiger partial charge in [0.15, 0.2) is 0 Å². The lowest BCUT2D eigenvalue weighted by Gasteiger charge is -2.27. The average Bonchev–Trinajstić information content (AvgIpc) is 3.36. The molecule has 0 saturated heterocycles. The van der Waals surface area contributed by atoms with Gasteiger partial charge in [-0.2, -0.15) is 0 Å². The number of benzene rings is 9. The number of hydrogen-bond acceptors (Lipinski definition) is 2. The Bertz CT molecular complexity index is 2850. The van der Waals surface area contributed by atoms with Crippen LogP contribution in [0.2, 0.25) is 0 Å². The number of hydrogen-bond donors (Lipinski definition) is 0. The normalized spacial score (nSPS) is 11.2. The zero-order valence-electron chi connectivity index (χ0n) is 35.4. The maximum Gasteiger partial charge on any atom is 0.0462 e. The fourth-order valence-corrected chi connectivity index (χ4v) is 8.00. The summed E-state index contributed by atoms with van der Waals surface area (Å²) in [5, 5.41) is 0. The maximum absolute atomic E-state index is 4.30. The van der Waals surface area contributed by atoms with Gasteiger partial charge in [0.2, 0.25) is 0 Å². The molecule has 302 valence electrons. The summed E-state index contributed by atoms with van der Waals surface area (Å²) in [4.78, 5) is 4.64. The lowest BCUT2D eigenvalue weighted by atomic mass is 10.0. The van der Waals surface area contributed by atoms with E-state index in [4.69, 9.17) is 0 Å². The van der Waals surface area contributed by atoms with E-state index in [-0.39, 0.29) is 0 Å². The minimum Gasteiger partial charge on any atom is -0.311 e. The van der Waals surface area contributed by atoms with Crippen LogP contribution in [-0.2, 0) is 0 Å². The molecule has 2 nitrogen and oxygen atoms in total. The second-order valence-electron chi connectivity index (χ2n) is 15.5. The van der Waals surface area contributed by atoms with Crippen LogP contribution < -0.4 is 9.80 Å². The molecule has 0 aromatic heterocycles. The first-order chi connectivity index (χ1) is 31.1. The molecular formula is C61H48N2. The molecule has 0 aliphatic carbocycles. The SMILES string of the molecule is C=C(/C=C\C=C/C)c1ccc(N(c2ccc(-c3ccccc3)cc2)c2ccc(-c3ccc(N(c4ccc(-c5ccccc5)cc4)c4ccc(-c5ccccc5)cc4)cc3)cc2)cc1. The Morgan fingerprint density at radius 3 is 0.794 bits per heavy atom. The van der Waals surface area contributed by atoms with E-state index in [0.717, 1.165) is 56.4 Å². The zero-order valence-corrected chi connectivity index (χ0v) is 35.4. The van der Waals surface area contributed by atoms with E-state index in [0.29, 0.717) is 0 Å². The van der Waals surface area contributed by atoms with Crippen LogP contribution in [0.1, 0.15) is 12.5 Å². The van der Waals surface area contributed by atoms with Crippen LogP contribution in [0.4, 0.5) is 34.1 Å². The molecule has 9 rings (SSSR count). The summed E-state index contributed by atoms with van der Waals surface area (Å²) in [6.45, 7) is 6.31. The van der Waals surface area contributed by atoms with Crippen LogP contribution in [0.15, 0.2) is 267 Å². The molecule has 0 spiro atoms. The highest BCUT2D eigenvalue weighted by atomic mass is 15.1. The Morgan fingerprint density at radius 2 is 0.540 bits per heavy atom. The molecule has 0 saturated carbocycles. The van der Waals surface area contributed by atoms with E-state index in [9.17, 15) is 0 Å². The van der Waals surface area contributed by atoms with Crippen molar-refractivity contribution in [3.8, 4) is 44.5 Å². The molecule has 0 heterocycles. The first-order valence-electron chi connectivity index (χ1n) is 21.5. The van der Waals surface area contributed by atoms with Gasteiger partial charge in [-0.1, -0.05) is 195 Å². The second kappa shape index (κ2) is 19.0. The lowest BCUT2D eigenvalue weighted by molar-refractivity contribution is 1.28. The Balaban J connectivity index is 1.02. The van der Waals surface area contributed by atoms with Gasteiger partial charge in [-0.25, -0.2) is 0 Å². The van der Waals surface area contributed by atoms with Gasteiger partial charge in [0.1, 0.15) is 0 Å². The number of allylic oxidation sites excluding steroid dienone is 5. The molecule has 2 heteroatoms. The number of nitrogens with zero attached hydrogens (tertiary/aromatic N) is 2. The highest BCUT2D eigenvalue weighted by Crippen LogP contribution is 2.40. The molecule has 0 amide bonds. The van der Waals surface area contributed by atoms with Gasteiger partial charge in [0, 0.05) is 34.1 Å². The van der Waals surface area contributed by atoms with Crippen molar-refractivity contribution in [2.75, 3.05) is 9.80 Å². The molecule has 0 aliphatic heterocycles. The fraction of sp³-hybridized carbons (Fsp3) is 0.0164. The third-order valence-corrected chi connectivity index (χ3v) is 11.4. The van der Waals surface area contributed by atoms with Crippen molar-refractivity contribution in [2.24, 2.45) is 0 Å². The maximum atomic E-state index is 4.30. The van der Waals surface area contributed by atoms with Gasteiger partial charge in [0.05, 0.1) is 0 Å². The Morgan fingerprint density at radius 1 is 0.302 bits per heavy atom. The molecule has 0 N–H and O–H groups in total. The van der Waals surface area contributed by atoms with Crippen LogP contribution in [-0.4, -0.2) is 0 Å². The van der Waals surface area contributed by atoms with Gasteiger partial charge in [-0.3, -0.25) is 0 Å². The fourth-order valence-electron chi connectivity index (χ4n) is 8.00. The third kappa shape index (κ3) is 9.27. The predicted octanol–water partition coefficient (Wildman–Crippen LogP) is 17.4. The molecule has 0 aliphatic rings. The van der Waals surface area contributed by atoms with E-state index in [1.165, 1.54) is 33.4 Å². The van der Waals surface area contributed by atoms with Gasteiger partial charge < -0.3 is 9.80 Å². The van der Waals surface area contributed by atoms with E-state index in [1.54, 1.807) is 0 Å². The highest BCUT2D eigenvalue weighted by Gasteiger charge is 2.16. The Hall–Kier alpha value is -8.20. The number of anilines is 6. The summed E-state index contributed by atoms with van der Waals surface area (Å²) in [5.41, 5.74) is 18.0. The van der Waals surface area contributed by atoms with E-state index in [1.807, 2.05) is 31.2 Å². The smallest absolute Gasteiger partial charge is 0.0462 e. The van der Waals surface area contributed by atoms with E-state index < -0.39 is 0 Å². The summed E-state index contributed by atoms with van der Waals surface area (Å²) in [6.07, 6.45) is 8.11. The predicted molar refractivity (Wildman–Crippen MR) is 271 cm³/mol. The molecular weight excluding hydrogens is 761 g/mol. The first-order valence-corrected chi connectivity index (χ1v) is 21.5. The van der Waals surface area contributed by atoms with Gasteiger partial charge in [-0.05, 0) is 135 Å². The largest absolute Gasteiger partial charge is 0.311 e. The summed E-state index contributed by atoms with van der Waals surface area (Å²) >= 11 is 0. The Kier molecular flexibility index (Phi) is 12.1. The second-order valence-corrected chi connectivity index (χ2v) is 15.5. The van der Waals surface area contributed by atoms with Gasteiger partial charge >= 0.3 is 0 Å². The standard InChI is InChI=1S/C61H48N2/c1-3-4-8-15-46(2)47-22-34-56(35-23-47)62(57-36-24-51(25-37-57)48-16-9-5-10-17-48)60-42-30-54(31-43-60)55-32-44-61(45-33-55)63(58-38-26-52(27-39-58)49-18-11-6-12-19-49)59-40-28-53(29-41-59)50-20-13-7-14-21-50/h3-45H,2H2,1H3/b4-3-,15-8-. The van der Waals surface area contributed by atoms with Crippen LogP contribution in [0, 0.1) is 0 Å². The van der Waals surface area contributed by atoms with Crippen molar-refractivity contribution in [1.29, 1.82) is 0 Å². The summed E-state index contributed by atoms with van der Waals surface area (Å²) < 4.78 is 0. The minimum absolute atomic E-state index is 0.971. The van der Waals surface area contributed by atoms with Gasteiger partial charge in [0.25, 0.3) is 0 Å². The topological polar surface area (TPSA) is 6.48 Å². The van der Waals surface area contributed by atoms with Crippen LogP contribution in [0.5, 0.6) is 0 Å². The molecule has 9 aromatic rings. The van der Waals surface area contributed by atoms with Crippen LogP contribution in [0.3, 0.4) is 0 Å². The highest BCUT2D eigenvalue weighted by molar-refractivity contribution is 5.84. The van der Waals surface area contributed by atoms with E-state index >= 15 is 0 Å². The molecule has 0 atom stereocenters. The monoisotopic (exact) mass is 808 g/mol. The quantitative estimate of drug-likeness (QED) is 0.107. The molecule has 0 fully saturated rings. The van der Waals surface area contributed by atoms with E-state index in [2.05, 4.69) is 253 Å². The molecule has 0 radical (unpaired) electrons. The average molecular weight is 809 g/mol. The first kappa shape index (κ1) is 40.2. The van der Waals surface area contributed by atoms with Gasteiger partial charge in [-0.15, -0.1) is 0 Å².